The van der Waals surface area contributed by atoms with Crippen molar-refractivity contribution in [3.05, 3.63) is 29.3 Å². The fourth-order valence-corrected chi connectivity index (χ4v) is 5.25. The highest BCUT2D eigenvalue weighted by atomic mass is 16.3. The summed E-state index contributed by atoms with van der Waals surface area (Å²) in [5.74, 6) is 0.881. The first-order valence-electron chi connectivity index (χ1n) is 7.85. The summed E-state index contributed by atoms with van der Waals surface area (Å²) in [6.07, 6.45) is 5.72. The molecule has 20 heavy (non-hydrogen) atoms. The van der Waals surface area contributed by atoms with E-state index >= 15 is 0 Å². The molecule has 2 N–H and O–H groups in total. The summed E-state index contributed by atoms with van der Waals surface area (Å²) in [5.41, 5.74) is 2.49. The van der Waals surface area contributed by atoms with Gasteiger partial charge in [-0.1, -0.05) is 18.9 Å². The normalized spacial score (nSPS) is 40.0. The zero-order chi connectivity index (χ0) is 13.9. The molecule has 1 saturated heterocycles. The van der Waals surface area contributed by atoms with Crippen molar-refractivity contribution in [2.75, 3.05) is 13.6 Å². The van der Waals surface area contributed by atoms with Crippen LogP contribution in [0.4, 0.5) is 0 Å². The number of hydrogen-bond donors (Lipinski definition) is 2. The van der Waals surface area contributed by atoms with E-state index in [1.165, 1.54) is 31.2 Å². The maximum Gasteiger partial charge on any atom is 0.115 e. The van der Waals surface area contributed by atoms with Crippen molar-refractivity contribution in [3.63, 3.8) is 0 Å². The second-order valence-corrected chi connectivity index (χ2v) is 6.95. The fraction of sp³-hybridized carbons (Fsp3) is 0.647. The Balaban J connectivity index is 1.95. The molecule has 0 radical (unpaired) electrons. The van der Waals surface area contributed by atoms with Crippen LogP contribution in [0.2, 0.25) is 0 Å². The number of likely N-dealkylation sites (N-methyl/N-ethyl adjacent to an activating group) is 1. The molecule has 108 valence electrons. The molecule has 2 bridgehead atoms. The Kier molecular flexibility index (Phi) is 2.67. The van der Waals surface area contributed by atoms with Gasteiger partial charge in [-0.3, -0.25) is 0 Å². The molecule has 4 atom stereocenters. The molecular weight excluding hydrogens is 250 g/mol. The second-order valence-electron chi connectivity index (χ2n) is 6.95. The molecule has 2 fully saturated rings. The first-order valence-corrected chi connectivity index (χ1v) is 7.85. The lowest BCUT2D eigenvalue weighted by molar-refractivity contribution is -0.0680. The monoisotopic (exact) mass is 273 g/mol. The number of aliphatic hydroxyl groups is 1. The molecule has 0 unspecified atom stereocenters. The van der Waals surface area contributed by atoms with E-state index in [-0.39, 0.29) is 11.5 Å². The molecule has 2 aliphatic carbocycles. The summed E-state index contributed by atoms with van der Waals surface area (Å²) < 4.78 is 0. The molecular formula is C17H23NO2. The number of phenolic OH excluding ortho intramolecular Hbond substituents is 1. The Hall–Kier alpha value is -1.06. The third kappa shape index (κ3) is 1.48. The Morgan fingerprint density at radius 1 is 1.25 bits per heavy atom. The van der Waals surface area contributed by atoms with Crippen LogP contribution in [0, 0.1) is 5.92 Å². The summed E-state index contributed by atoms with van der Waals surface area (Å²) in [7, 11) is 2.15. The minimum Gasteiger partial charge on any atom is -0.508 e. The number of hydrogen-bond acceptors (Lipinski definition) is 3. The smallest absolute Gasteiger partial charge is 0.115 e. The predicted octanol–water partition coefficient (Wildman–Crippen LogP) is 2.57. The lowest BCUT2D eigenvalue weighted by Gasteiger charge is -2.59. The highest BCUT2D eigenvalue weighted by Gasteiger charge is 2.56. The van der Waals surface area contributed by atoms with E-state index in [1.807, 2.05) is 12.1 Å². The van der Waals surface area contributed by atoms with Crippen molar-refractivity contribution in [1.29, 1.82) is 0 Å². The minimum absolute atomic E-state index is 0.197. The molecule has 1 aliphatic heterocycles. The van der Waals surface area contributed by atoms with E-state index in [9.17, 15) is 10.2 Å². The van der Waals surface area contributed by atoms with Crippen molar-refractivity contribution in [2.24, 2.45) is 5.92 Å². The molecule has 1 aromatic rings. The van der Waals surface area contributed by atoms with Gasteiger partial charge in [-0.2, -0.15) is 0 Å². The molecule has 0 aromatic heterocycles. The van der Waals surface area contributed by atoms with E-state index < -0.39 is 6.10 Å². The number of rotatable bonds is 0. The van der Waals surface area contributed by atoms with Gasteiger partial charge in [0, 0.05) is 11.5 Å². The first kappa shape index (κ1) is 12.7. The Morgan fingerprint density at radius 3 is 2.95 bits per heavy atom. The van der Waals surface area contributed by atoms with Crippen LogP contribution in [0.5, 0.6) is 5.75 Å². The molecule has 4 rings (SSSR count). The zero-order valence-electron chi connectivity index (χ0n) is 12.0. The fourth-order valence-electron chi connectivity index (χ4n) is 5.25. The van der Waals surface area contributed by atoms with Crippen LogP contribution >= 0.6 is 0 Å². The third-order valence-electron chi connectivity index (χ3n) is 6.15. The molecule has 3 nitrogen and oxygen atoms in total. The van der Waals surface area contributed by atoms with Crippen LogP contribution in [0.25, 0.3) is 0 Å². The first-order chi connectivity index (χ1) is 9.63. The van der Waals surface area contributed by atoms with E-state index in [4.69, 9.17) is 0 Å². The van der Waals surface area contributed by atoms with Crippen molar-refractivity contribution in [3.8, 4) is 5.75 Å². The molecule has 3 aliphatic rings. The maximum atomic E-state index is 10.8. The number of phenols is 1. The average molecular weight is 273 g/mol. The van der Waals surface area contributed by atoms with Gasteiger partial charge in [0.1, 0.15) is 5.75 Å². The van der Waals surface area contributed by atoms with Crippen molar-refractivity contribution in [2.45, 2.75) is 49.7 Å². The highest BCUT2D eigenvalue weighted by Crippen LogP contribution is 2.58. The number of piperidine rings is 1. The Labute approximate surface area is 120 Å². The number of benzene rings is 1. The topological polar surface area (TPSA) is 43.7 Å². The maximum absolute atomic E-state index is 10.8. The molecule has 0 spiro atoms. The van der Waals surface area contributed by atoms with Crippen molar-refractivity contribution < 1.29 is 10.2 Å². The number of fused-ring (bicyclic) bond motifs is 1. The predicted molar refractivity (Wildman–Crippen MR) is 77.7 cm³/mol. The van der Waals surface area contributed by atoms with Gasteiger partial charge in [0.2, 0.25) is 0 Å². The largest absolute Gasteiger partial charge is 0.508 e. The van der Waals surface area contributed by atoms with Gasteiger partial charge in [0.25, 0.3) is 0 Å². The van der Waals surface area contributed by atoms with Crippen molar-refractivity contribution in [1.82, 2.24) is 4.90 Å². The molecule has 1 heterocycles. The van der Waals surface area contributed by atoms with Crippen molar-refractivity contribution >= 4 is 0 Å². The van der Waals surface area contributed by atoms with E-state index in [0.717, 1.165) is 18.5 Å². The van der Waals surface area contributed by atoms with Crippen LogP contribution in [0.15, 0.2) is 18.2 Å². The van der Waals surface area contributed by atoms with Crippen LogP contribution in [0.3, 0.4) is 0 Å². The van der Waals surface area contributed by atoms with E-state index in [1.54, 1.807) is 6.07 Å². The lowest BCUT2D eigenvalue weighted by atomic mass is 9.52. The third-order valence-corrected chi connectivity index (χ3v) is 6.15. The highest BCUT2D eigenvalue weighted by molar-refractivity contribution is 5.46. The minimum atomic E-state index is -0.410. The standard InChI is InChI=1S/C17H23NO2/c1-18-9-8-17-7-3-2-4-13(17)15(18)16(20)12-6-5-11(19)10-14(12)17/h5-6,10,13,15-16,19-20H,2-4,7-9H2,1H3/t13-,15-,16+,17-/m1/s1. The van der Waals surface area contributed by atoms with Crippen LogP contribution in [0.1, 0.15) is 49.3 Å². The van der Waals surface area contributed by atoms with E-state index in [2.05, 4.69) is 11.9 Å². The van der Waals surface area contributed by atoms with Crippen LogP contribution < -0.4 is 0 Å². The zero-order valence-corrected chi connectivity index (χ0v) is 12.0. The quantitative estimate of drug-likeness (QED) is 0.763. The molecule has 1 saturated carbocycles. The van der Waals surface area contributed by atoms with Gasteiger partial charge in [-0.25, -0.2) is 0 Å². The summed E-state index contributed by atoms with van der Waals surface area (Å²) in [6, 6.07) is 5.84. The number of aliphatic hydroxyl groups excluding tert-OH is 1. The molecule has 0 amide bonds. The number of likely N-dealkylation sites (tertiary alicyclic amines) is 1. The number of nitrogens with zero attached hydrogens (tertiary/aromatic N) is 1. The van der Waals surface area contributed by atoms with Crippen LogP contribution in [-0.2, 0) is 5.41 Å². The average Bonchev–Trinajstić information content (AvgIpc) is 2.46. The summed E-state index contributed by atoms with van der Waals surface area (Å²) >= 11 is 0. The van der Waals surface area contributed by atoms with Gasteiger partial charge in [0.15, 0.2) is 0 Å². The van der Waals surface area contributed by atoms with Gasteiger partial charge >= 0.3 is 0 Å². The summed E-state index contributed by atoms with van der Waals surface area (Å²) in [5, 5.41) is 20.8. The summed E-state index contributed by atoms with van der Waals surface area (Å²) in [4.78, 5) is 2.36. The van der Waals surface area contributed by atoms with Gasteiger partial charge in [0.05, 0.1) is 6.10 Å². The van der Waals surface area contributed by atoms with Gasteiger partial charge in [-0.05, 0) is 62.0 Å². The van der Waals surface area contributed by atoms with Gasteiger partial charge in [-0.15, -0.1) is 0 Å². The SMILES string of the molecule is CN1CC[C@]23CCCC[C@@H]2[C@@H]1[C@@H](O)c1ccc(O)cc13. The van der Waals surface area contributed by atoms with Crippen LogP contribution in [-0.4, -0.2) is 34.7 Å². The lowest BCUT2D eigenvalue weighted by Crippen LogP contribution is -2.61. The van der Waals surface area contributed by atoms with E-state index in [0.29, 0.717) is 11.7 Å². The molecule has 1 aromatic carbocycles. The Morgan fingerprint density at radius 2 is 2.10 bits per heavy atom. The number of aromatic hydroxyl groups is 1. The van der Waals surface area contributed by atoms with Gasteiger partial charge < -0.3 is 15.1 Å². The second kappa shape index (κ2) is 4.22. The molecule has 3 heteroatoms. The summed E-state index contributed by atoms with van der Waals surface area (Å²) in [6.45, 7) is 1.05. The Bertz CT molecular complexity index is 544.